The summed E-state index contributed by atoms with van der Waals surface area (Å²) in [4.78, 5) is 0. The minimum atomic E-state index is -1.41. The van der Waals surface area contributed by atoms with E-state index < -0.39 is 8.07 Å². The molecule has 0 bridgehead atoms. The van der Waals surface area contributed by atoms with Crippen molar-refractivity contribution in [2.24, 2.45) is 7.05 Å². The first kappa shape index (κ1) is 35.3. The van der Waals surface area contributed by atoms with Crippen molar-refractivity contribution in [1.82, 2.24) is 4.57 Å². The number of imidazole rings is 1. The maximum atomic E-state index is 9.54. The van der Waals surface area contributed by atoms with E-state index in [9.17, 15) is 5.26 Å². The van der Waals surface area contributed by atoms with Crippen LogP contribution in [0.15, 0.2) is 120 Å². The highest BCUT2D eigenvalue weighted by Crippen LogP contribution is 2.43. The molecule has 0 aliphatic carbocycles. The summed E-state index contributed by atoms with van der Waals surface area (Å²) in [7, 11) is 0.777. The van der Waals surface area contributed by atoms with Gasteiger partial charge in [-0.1, -0.05) is 119 Å². The zero-order valence-electron chi connectivity index (χ0n) is 32.9. The van der Waals surface area contributed by atoms with Crippen molar-refractivity contribution in [3.63, 3.8) is 0 Å². The number of aromatic nitrogens is 2. The molecule has 0 radical (unpaired) electrons. The summed E-state index contributed by atoms with van der Waals surface area (Å²) in [5.74, 6) is 1.65. The van der Waals surface area contributed by atoms with Crippen LogP contribution in [0.25, 0.3) is 72.3 Å². The maximum Gasteiger partial charge on any atom is 0.299 e. The second-order valence-corrected chi connectivity index (χ2v) is 21.6. The molecule has 0 aliphatic heterocycles. The first-order chi connectivity index (χ1) is 25.8. The van der Waals surface area contributed by atoms with Gasteiger partial charge in [0.25, 0.3) is 5.82 Å². The molecular formula is C49H48N3OSi+. The lowest BCUT2D eigenvalue weighted by atomic mass is 9.88. The summed E-state index contributed by atoms with van der Waals surface area (Å²) < 4.78 is 11.8. The Morgan fingerprint density at radius 2 is 1.33 bits per heavy atom. The number of benzene rings is 6. The summed E-state index contributed by atoms with van der Waals surface area (Å²) in [6, 6.07) is 43.9. The molecule has 8 rings (SSSR count). The van der Waals surface area contributed by atoms with Crippen molar-refractivity contribution in [3.05, 3.63) is 138 Å². The van der Waals surface area contributed by atoms with Crippen LogP contribution in [0.2, 0.25) is 19.6 Å². The predicted octanol–water partition coefficient (Wildman–Crippen LogP) is 12.3. The molecule has 0 unspecified atom stereocenters. The molecule has 4 nitrogen and oxygen atoms in total. The largest absolute Gasteiger partial charge is 0.455 e. The van der Waals surface area contributed by atoms with Crippen molar-refractivity contribution in [2.75, 3.05) is 0 Å². The lowest BCUT2D eigenvalue weighted by Crippen LogP contribution is -2.37. The number of furan rings is 1. The quantitative estimate of drug-likeness (QED) is 0.121. The molecular weight excluding hydrogens is 675 g/mol. The standard InChI is InChI=1S/C49H48N3OSi/c1-30(2)41-26-37(34-18-21-38(22-19-34)54(7,8)9)27-42(31(3)4)47(41)52-44-16-11-10-15-43(44)51(6)49(52)46-32(5)17-23-40-39-24-20-36(28-45(39)53-48(40)46)35-14-12-13-33(25-35)29-50/h10-28,30-31H,1-9H3/q+1. The molecule has 0 amide bonds. The highest BCUT2D eigenvalue weighted by atomic mass is 28.3. The normalized spacial score (nSPS) is 12.1. The Balaban J connectivity index is 1.41. The van der Waals surface area contributed by atoms with Gasteiger partial charge in [0, 0.05) is 21.9 Å². The van der Waals surface area contributed by atoms with Gasteiger partial charge in [-0.15, -0.1) is 0 Å². The first-order valence-corrected chi connectivity index (χ1v) is 22.6. The number of fused-ring (bicyclic) bond motifs is 4. The SMILES string of the molecule is Cc1ccc2c(oc3cc(-c4cccc(C#N)c4)ccc32)c1-c1n(-c2c(C(C)C)cc(-c3ccc([Si](C)(C)C)cc3)cc2C(C)C)c2ccccc2[n+]1C. The van der Waals surface area contributed by atoms with Crippen LogP contribution in [0.1, 0.15) is 61.8 Å². The summed E-state index contributed by atoms with van der Waals surface area (Å²) >= 11 is 0. The summed E-state index contributed by atoms with van der Waals surface area (Å²) in [5.41, 5.74) is 15.4. The van der Waals surface area contributed by atoms with E-state index >= 15 is 0 Å². The number of nitrogens with zero attached hydrogens (tertiary/aromatic N) is 3. The van der Waals surface area contributed by atoms with E-state index in [-0.39, 0.29) is 11.8 Å². The van der Waals surface area contributed by atoms with Crippen molar-refractivity contribution >= 4 is 46.2 Å². The van der Waals surface area contributed by atoms with E-state index in [1.165, 1.54) is 38.6 Å². The number of nitriles is 1. The molecule has 5 heteroatoms. The van der Waals surface area contributed by atoms with E-state index in [1.807, 2.05) is 24.3 Å². The van der Waals surface area contributed by atoms with E-state index in [1.54, 1.807) is 0 Å². The van der Waals surface area contributed by atoms with Crippen molar-refractivity contribution in [1.29, 1.82) is 5.26 Å². The molecule has 2 heterocycles. The van der Waals surface area contributed by atoms with Crippen LogP contribution in [0, 0.1) is 18.3 Å². The Hall–Kier alpha value is -5.70. The predicted molar refractivity (Wildman–Crippen MR) is 229 cm³/mol. The monoisotopic (exact) mass is 722 g/mol. The molecule has 0 saturated carbocycles. The molecule has 0 atom stereocenters. The topological polar surface area (TPSA) is 45.7 Å². The Labute approximate surface area is 320 Å². The molecule has 268 valence electrons. The second-order valence-electron chi connectivity index (χ2n) is 16.5. The Kier molecular flexibility index (Phi) is 8.70. The Morgan fingerprint density at radius 3 is 2.00 bits per heavy atom. The van der Waals surface area contributed by atoms with Crippen LogP contribution in [-0.4, -0.2) is 12.6 Å². The van der Waals surface area contributed by atoms with E-state index in [2.05, 4.69) is 168 Å². The minimum Gasteiger partial charge on any atom is -0.455 e. The number of hydrogen-bond acceptors (Lipinski definition) is 2. The summed E-state index contributed by atoms with van der Waals surface area (Å²) in [6.45, 7) is 18.7. The third kappa shape index (κ3) is 5.86. The van der Waals surface area contributed by atoms with Crippen LogP contribution in [-0.2, 0) is 7.05 Å². The van der Waals surface area contributed by atoms with Gasteiger partial charge in [0.2, 0.25) is 0 Å². The lowest BCUT2D eigenvalue weighted by Gasteiger charge is -2.21. The fourth-order valence-electron chi connectivity index (χ4n) is 8.13. The van der Waals surface area contributed by atoms with Crippen LogP contribution in [0.4, 0.5) is 0 Å². The number of hydrogen-bond donors (Lipinski definition) is 0. The van der Waals surface area contributed by atoms with E-state index in [0.717, 1.165) is 55.5 Å². The van der Waals surface area contributed by atoms with Gasteiger partial charge in [-0.25, -0.2) is 4.57 Å². The summed E-state index contributed by atoms with van der Waals surface area (Å²) in [5, 5.41) is 13.2. The third-order valence-electron chi connectivity index (χ3n) is 11.1. The van der Waals surface area contributed by atoms with Gasteiger partial charge >= 0.3 is 0 Å². The molecule has 2 aromatic heterocycles. The summed E-state index contributed by atoms with van der Waals surface area (Å²) in [6.07, 6.45) is 0. The zero-order valence-corrected chi connectivity index (χ0v) is 33.9. The fourth-order valence-corrected chi connectivity index (χ4v) is 9.30. The molecule has 0 aliphatic rings. The number of rotatable bonds is 7. The fraction of sp³-hybridized carbons (Fsp3) is 0.224. The molecule has 6 aromatic carbocycles. The average Bonchev–Trinajstić information content (AvgIpc) is 3.68. The van der Waals surface area contributed by atoms with Gasteiger partial charge in [-0.05, 0) is 95.1 Å². The van der Waals surface area contributed by atoms with Crippen LogP contribution < -0.4 is 9.75 Å². The van der Waals surface area contributed by atoms with Gasteiger partial charge in [0.1, 0.15) is 16.8 Å². The van der Waals surface area contributed by atoms with E-state index in [4.69, 9.17) is 4.42 Å². The zero-order chi connectivity index (χ0) is 38.1. The van der Waals surface area contributed by atoms with Gasteiger partial charge in [-0.2, -0.15) is 9.83 Å². The number of para-hydroxylation sites is 2. The minimum absolute atomic E-state index is 0.277. The van der Waals surface area contributed by atoms with Crippen molar-refractivity contribution in [3.8, 4) is 45.4 Å². The molecule has 0 fully saturated rings. The first-order valence-electron chi connectivity index (χ1n) is 19.1. The molecule has 0 spiro atoms. The van der Waals surface area contributed by atoms with Crippen LogP contribution in [0.3, 0.4) is 0 Å². The Morgan fingerprint density at radius 1 is 0.685 bits per heavy atom. The highest BCUT2D eigenvalue weighted by Gasteiger charge is 2.34. The van der Waals surface area contributed by atoms with Crippen LogP contribution in [0.5, 0.6) is 0 Å². The average molecular weight is 723 g/mol. The highest BCUT2D eigenvalue weighted by molar-refractivity contribution is 6.88. The van der Waals surface area contributed by atoms with Gasteiger partial charge in [0.15, 0.2) is 16.6 Å². The Bertz CT molecular complexity index is 2760. The molecule has 8 aromatic rings. The van der Waals surface area contributed by atoms with E-state index in [0.29, 0.717) is 5.56 Å². The molecule has 54 heavy (non-hydrogen) atoms. The van der Waals surface area contributed by atoms with Gasteiger partial charge in [0.05, 0.1) is 26.8 Å². The van der Waals surface area contributed by atoms with Crippen molar-refractivity contribution < 1.29 is 8.98 Å². The smallest absolute Gasteiger partial charge is 0.299 e. The molecule has 0 N–H and O–H groups in total. The van der Waals surface area contributed by atoms with Gasteiger partial charge < -0.3 is 4.42 Å². The lowest BCUT2D eigenvalue weighted by molar-refractivity contribution is -0.633. The van der Waals surface area contributed by atoms with Gasteiger partial charge in [-0.3, -0.25) is 0 Å². The van der Waals surface area contributed by atoms with Crippen LogP contribution >= 0.6 is 0 Å². The van der Waals surface area contributed by atoms with Crippen molar-refractivity contribution in [2.45, 2.75) is 66.1 Å². The third-order valence-corrected chi connectivity index (χ3v) is 13.2. The maximum absolute atomic E-state index is 9.54. The molecule has 0 saturated heterocycles. The number of aryl methyl sites for hydroxylation is 2. The second kappa shape index (κ2) is 13.3.